The van der Waals surface area contributed by atoms with Crippen LogP contribution in [-0.4, -0.2) is 30.5 Å². The van der Waals surface area contributed by atoms with Gasteiger partial charge in [-0.2, -0.15) is 5.10 Å². The van der Waals surface area contributed by atoms with E-state index >= 15 is 0 Å². The summed E-state index contributed by atoms with van der Waals surface area (Å²) in [7, 11) is 0. The first-order valence-corrected chi connectivity index (χ1v) is 13.0. The van der Waals surface area contributed by atoms with E-state index in [1.165, 1.54) is 23.1 Å². The van der Waals surface area contributed by atoms with E-state index in [4.69, 9.17) is 4.98 Å². The van der Waals surface area contributed by atoms with E-state index in [9.17, 15) is 9.59 Å². The molecule has 1 unspecified atom stereocenters. The third kappa shape index (κ3) is 4.26. The molecule has 0 bridgehead atoms. The molecule has 0 aliphatic heterocycles. The highest BCUT2D eigenvalue weighted by atomic mass is 32.2. The van der Waals surface area contributed by atoms with Crippen LogP contribution in [0.3, 0.4) is 0 Å². The van der Waals surface area contributed by atoms with Crippen LogP contribution in [0.2, 0.25) is 0 Å². The van der Waals surface area contributed by atoms with E-state index < -0.39 is 5.25 Å². The van der Waals surface area contributed by atoms with Gasteiger partial charge in [-0.1, -0.05) is 17.8 Å². The molecular weight excluding hydrogens is 462 g/mol. The number of aromatic nitrogens is 4. The number of rotatable bonds is 7. The van der Waals surface area contributed by atoms with Crippen LogP contribution in [0.15, 0.2) is 45.1 Å². The van der Waals surface area contributed by atoms with E-state index in [1.807, 2.05) is 57.5 Å². The van der Waals surface area contributed by atoms with Crippen molar-refractivity contribution in [3.8, 4) is 10.4 Å². The Morgan fingerprint density at radius 2 is 1.91 bits per heavy atom. The predicted molar refractivity (Wildman–Crippen MR) is 134 cm³/mol. The first kappa shape index (κ1) is 22.8. The first-order chi connectivity index (χ1) is 15.3. The molecule has 0 aliphatic rings. The first-order valence-electron chi connectivity index (χ1n) is 10.4. The SMILES string of the molecule is CC(Sc1nc2scc(-c3cccs3)c2c(=O)n1C(C)C)C(=O)Nc1ccnn1C(C)C. The topological polar surface area (TPSA) is 81.8 Å². The molecule has 0 spiro atoms. The minimum absolute atomic E-state index is 0.0670. The third-order valence-electron chi connectivity index (χ3n) is 4.97. The lowest BCUT2D eigenvalue weighted by molar-refractivity contribution is -0.115. The molecule has 0 radical (unpaired) electrons. The van der Waals surface area contributed by atoms with E-state index in [0.717, 1.165) is 10.4 Å². The Labute approximate surface area is 198 Å². The zero-order chi connectivity index (χ0) is 23.0. The van der Waals surface area contributed by atoms with Crippen LogP contribution in [0.1, 0.15) is 46.7 Å². The molecular formula is C22H25N5O2S3. The van der Waals surface area contributed by atoms with Gasteiger partial charge in [-0.05, 0) is 46.1 Å². The fourth-order valence-electron chi connectivity index (χ4n) is 3.40. The number of carbonyl (C=O) groups excluding carboxylic acids is 1. The van der Waals surface area contributed by atoms with Crippen molar-refractivity contribution >= 4 is 56.4 Å². The second-order valence-electron chi connectivity index (χ2n) is 7.97. The zero-order valence-electron chi connectivity index (χ0n) is 18.5. The van der Waals surface area contributed by atoms with Crippen LogP contribution in [0.4, 0.5) is 5.82 Å². The minimum Gasteiger partial charge on any atom is -0.310 e. The Morgan fingerprint density at radius 3 is 2.56 bits per heavy atom. The number of hydrogen-bond acceptors (Lipinski definition) is 7. The van der Waals surface area contributed by atoms with Gasteiger partial charge in [-0.3, -0.25) is 14.2 Å². The smallest absolute Gasteiger partial charge is 0.263 e. The van der Waals surface area contributed by atoms with Gasteiger partial charge >= 0.3 is 0 Å². The third-order valence-corrected chi connectivity index (χ3v) is 7.81. The predicted octanol–water partition coefficient (Wildman–Crippen LogP) is 5.66. The molecule has 1 N–H and O–H groups in total. The normalized spacial score (nSPS) is 12.7. The number of anilines is 1. The van der Waals surface area contributed by atoms with Crippen molar-refractivity contribution < 1.29 is 4.79 Å². The van der Waals surface area contributed by atoms with Crippen molar-refractivity contribution in [3.05, 3.63) is 45.5 Å². The molecule has 0 saturated heterocycles. The lowest BCUT2D eigenvalue weighted by atomic mass is 10.2. The van der Waals surface area contributed by atoms with Gasteiger partial charge in [-0.15, -0.1) is 22.7 Å². The highest BCUT2D eigenvalue weighted by Crippen LogP contribution is 2.35. The summed E-state index contributed by atoms with van der Waals surface area (Å²) in [5.74, 6) is 0.494. The van der Waals surface area contributed by atoms with Gasteiger partial charge in [0.1, 0.15) is 10.6 Å². The second-order valence-corrected chi connectivity index (χ2v) is 11.1. The highest BCUT2D eigenvalue weighted by molar-refractivity contribution is 8.00. The van der Waals surface area contributed by atoms with Crippen LogP contribution in [0.25, 0.3) is 20.7 Å². The summed E-state index contributed by atoms with van der Waals surface area (Å²) in [6.45, 7) is 9.76. The van der Waals surface area contributed by atoms with Gasteiger partial charge in [0.05, 0.1) is 16.8 Å². The molecule has 4 aromatic rings. The molecule has 0 aliphatic carbocycles. The maximum Gasteiger partial charge on any atom is 0.263 e. The quantitative estimate of drug-likeness (QED) is 0.268. The standard InChI is InChI=1S/C22H25N5O2S3/c1-12(2)26-21(29)18-15(16-7-6-10-30-16)11-31-20(18)25-22(26)32-14(5)19(28)24-17-8-9-23-27(17)13(3)4/h6-14H,1-5H3,(H,24,28). The van der Waals surface area contributed by atoms with Crippen molar-refractivity contribution in [1.82, 2.24) is 19.3 Å². The van der Waals surface area contributed by atoms with Gasteiger partial charge in [0.15, 0.2) is 5.16 Å². The summed E-state index contributed by atoms with van der Waals surface area (Å²) in [6, 6.07) is 5.82. The van der Waals surface area contributed by atoms with Gasteiger partial charge < -0.3 is 5.32 Å². The summed E-state index contributed by atoms with van der Waals surface area (Å²) in [4.78, 5) is 33.0. The van der Waals surface area contributed by atoms with Crippen molar-refractivity contribution in [1.29, 1.82) is 0 Å². The van der Waals surface area contributed by atoms with E-state index in [2.05, 4.69) is 10.4 Å². The summed E-state index contributed by atoms with van der Waals surface area (Å²) in [5, 5.41) is 12.0. The molecule has 10 heteroatoms. The van der Waals surface area contributed by atoms with Crippen molar-refractivity contribution in [2.24, 2.45) is 0 Å². The molecule has 0 fully saturated rings. The average molecular weight is 488 g/mol. The molecule has 32 heavy (non-hydrogen) atoms. The average Bonchev–Trinajstić information content (AvgIpc) is 3.47. The van der Waals surface area contributed by atoms with Crippen LogP contribution < -0.4 is 10.9 Å². The highest BCUT2D eigenvalue weighted by Gasteiger charge is 2.24. The Balaban J connectivity index is 1.66. The van der Waals surface area contributed by atoms with Gasteiger partial charge in [-0.25, -0.2) is 9.67 Å². The molecule has 4 heterocycles. The van der Waals surface area contributed by atoms with Gasteiger partial charge in [0, 0.05) is 34.0 Å². The van der Waals surface area contributed by atoms with Crippen LogP contribution >= 0.6 is 34.4 Å². The fraction of sp³-hybridized carbons (Fsp3) is 0.364. The molecule has 4 rings (SSSR count). The van der Waals surface area contributed by atoms with Crippen molar-refractivity contribution in [2.45, 2.75) is 57.1 Å². The summed E-state index contributed by atoms with van der Waals surface area (Å²) in [5.41, 5.74) is 0.860. The number of nitrogens with zero attached hydrogens (tertiary/aromatic N) is 4. The Kier molecular flexibility index (Phi) is 6.55. The van der Waals surface area contributed by atoms with E-state index in [0.29, 0.717) is 21.2 Å². The maximum absolute atomic E-state index is 13.5. The lowest BCUT2D eigenvalue weighted by Crippen LogP contribution is -2.28. The van der Waals surface area contributed by atoms with E-state index in [-0.39, 0.29) is 23.6 Å². The Morgan fingerprint density at radius 1 is 1.12 bits per heavy atom. The van der Waals surface area contributed by atoms with Crippen LogP contribution in [0, 0.1) is 0 Å². The number of carbonyl (C=O) groups is 1. The fourth-order valence-corrected chi connectivity index (χ4v) is 6.24. The van der Waals surface area contributed by atoms with Crippen LogP contribution in [0.5, 0.6) is 0 Å². The number of thioether (sulfide) groups is 1. The summed E-state index contributed by atoms with van der Waals surface area (Å²) < 4.78 is 3.46. The number of thiophene rings is 2. The number of fused-ring (bicyclic) bond motifs is 1. The zero-order valence-corrected chi connectivity index (χ0v) is 21.0. The number of nitrogens with one attached hydrogen (secondary N) is 1. The molecule has 4 aromatic heterocycles. The van der Waals surface area contributed by atoms with Crippen molar-refractivity contribution in [3.63, 3.8) is 0 Å². The van der Waals surface area contributed by atoms with Crippen LogP contribution in [-0.2, 0) is 4.79 Å². The molecule has 1 atom stereocenters. The molecule has 7 nitrogen and oxygen atoms in total. The summed E-state index contributed by atoms with van der Waals surface area (Å²) >= 11 is 4.37. The molecule has 168 valence electrons. The molecule has 1 amide bonds. The number of hydrogen-bond donors (Lipinski definition) is 1. The van der Waals surface area contributed by atoms with E-state index in [1.54, 1.807) is 32.8 Å². The molecule has 0 aromatic carbocycles. The monoisotopic (exact) mass is 487 g/mol. The number of amides is 1. The van der Waals surface area contributed by atoms with Gasteiger partial charge in [0.2, 0.25) is 5.91 Å². The van der Waals surface area contributed by atoms with Crippen molar-refractivity contribution in [2.75, 3.05) is 5.32 Å². The minimum atomic E-state index is -0.448. The van der Waals surface area contributed by atoms with Gasteiger partial charge in [0.25, 0.3) is 5.56 Å². The second kappa shape index (κ2) is 9.21. The largest absolute Gasteiger partial charge is 0.310 e. The lowest BCUT2D eigenvalue weighted by Gasteiger charge is -2.18. The molecule has 0 saturated carbocycles. The Hall–Kier alpha value is -2.43. The summed E-state index contributed by atoms with van der Waals surface area (Å²) in [6.07, 6.45) is 1.67. The Bertz CT molecular complexity index is 1300. The maximum atomic E-state index is 13.5.